The number of aromatic nitrogens is 1. The van der Waals surface area contributed by atoms with E-state index in [0.29, 0.717) is 23.0 Å². The third-order valence-corrected chi connectivity index (χ3v) is 3.93. The average Bonchev–Trinajstić information content (AvgIpc) is 2.84. The zero-order valence-corrected chi connectivity index (χ0v) is 13.6. The molecule has 0 saturated carbocycles. The summed E-state index contributed by atoms with van der Waals surface area (Å²) in [5.41, 5.74) is 1.50. The van der Waals surface area contributed by atoms with Gasteiger partial charge in [0.25, 0.3) is 0 Å². The Labute approximate surface area is 132 Å². The molecule has 1 N–H and O–H groups in total. The predicted molar refractivity (Wildman–Crippen MR) is 85.3 cm³/mol. The van der Waals surface area contributed by atoms with Gasteiger partial charge in [-0.25, -0.2) is 9.78 Å². The molecule has 0 radical (unpaired) electrons. The zero-order chi connectivity index (χ0) is 15.4. The van der Waals surface area contributed by atoms with Crippen molar-refractivity contribution in [2.45, 2.75) is 13.5 Å². The molecule has 21 heavy (non-hydrogen) atoms. The minimum absolute atomic E-state index is 0.220. The molecule has 112 valence electrons. The summed E-state index contributed by atoms with van der Waals surface area (Å²) in [4.78, 5) is 18.0. The maximum atomic E-state index is 12.1. The largest absolute Gasteiger partial charge is 0.495 e. The standard InChI is InChI=1S/C14H16ClN3O2S/c1-9-16-11(8-21-9)7-18(2)14(19)17-10-4-5-13(20-3)12(15)6-10/h4-6,8H,7H2,1-3H3,(H,17,19). The van der Waals surface area contributed by atoms with E-state index < -0.39 is 0 Å². The SMILES string of the molecule is COc1ccc(NC(=O)N(C)Cc2csc(C)n2)cc1Cl. The number of carbonyl (C=O) groups excluding carboxylic acids is 1. The summed E-state index contributed by atoms with van der Waals surface area (Å²) in [5, 5.41) is 6.17. The van der Waals surface area contributed by atoms with Gasteiger partial charge in [-0.1, -0.05) is 11.6 Å². The van der Waals surface area contributed by atoms with Crippen molar-refractivity contribution in [1.29, 1.82) is 0 Å². The lowest BCUT2D eigenvalue weighted by molar-refractivity contribution is 0.220. The molecule has 1 heterocycles. The van der Waals surface area contributed by atoms with Gasteiger partial charge in [0.2, 0.25) is 0 Å². The molecule has 5 nitrogen and oxygen atoms in total. The Morgan fingerprint density at radius 2 is 2.29 bits per heavy atom. The Morgan fingerprint density at radius 1 is 1.52 bits per heavy atom. The van der Waals surface area contributed by atoms with E-state index in [4.69, 9.17) is 16.3 Å². The van der Waals surface area contributed by atoms with E-state index in [9.17, 15) is 4.79 Å². The van der Waals surface area contributed by atoms with E-state index >= 15 is 0 Å². The van der Waals surface area contributed by atoms with Gasteiger partial charge in [0.05, 0.1) is 29.4 Å². The molecule has 0 fully saturated rings. The lowest BCUT2D eigenvalue weighted by Gasteiger charge is -2.17. The number of amides is 2. The highest BCUT2D eigenvalue weighted by Crippen LogP contribution is 2.27. The second kappa shape index (κ2) is 6.78. The van der Waals surface area contributed by atoms with Crippen LogP contribution in [0.15, 0.2) is 23.6 Å². The normalized spacial score (nSPS) is 10.3. The van der Waals surface area contributed by atoms with E-state index in [1.54, 1.807) is 48.6 Å². The molecule has 2 aromatic rings. The molecule has 2 rings (SSSR count). The van der Waals surface area contributed by atoms with Gasteiger partial charge >= 0.3 is 6.03 Å². The van der Waals surface area contributed by atoms with Crippen molar-refractivity contribution >= 4 is 34.7 Å². The van der Waals surface area contributed by atoms with Gasteiger partial charge in [0, 0.05) is 18.1 Å². The molecule has 0 aliphatic heterocycles. The number of carbonyl (C=O) groups is 1. The maximum Gasteiger partial charge on any atom is 0.321 e. The maximum absolute atomic E-state index is 12.1. The minimum atomic E-state index is -0.220. The van der Waals surface area contributed by atoms with E-state index in [-0.39, 0.29) is 6.03 Å². The predicted octanol–water partition coefficient (Wildman–Crippen LogP) is 3.78. The molecule has 2 amide bonds. The number of halogens is 1. The van der Waals surface area contributed by atoms with Gasteiger partial charge in [-0.2, -0.15) is 0 Å². The number of anilines is 1. The topological polar surface area (TPSA) is 54.5 Å². The Balaban J connectivity index is 1.98. The van der Waals surface area contributed by atoms with Crippen LogP contribution >= 0.6 is 22.9 Å². The summed E-state index contributed by atoms with van der Waals surface area (Å²) in [6.45, 7) is 2.40. The van der Waals surface area contributed by atoms with Crippen molar-refractivity contribution < 1.29 is 9.53 Å². The number of urea groups is 1. The fraction of sp³-hybridized carbons (Fsp3) is 0.286. The molecule has 1 aromatic heterocycles. The van der Waals surface area contributed by atoms with Crippen LogP contribution in [0, 0.1) is 6.92 Å². The van der Waals surface area contributed by atoms with E-state index in [0.717, 1.165) is 10.7 Å². The Bertz CT molecular complexity index is 645. The lowest BCUT2D eigenvalue weighted by atomic mass is 10.3. The van der Waals surface area contributed by atoms with Crippen LogP contribution in [-0.2, 0) is 6.54 Å². The van der Waals surface area contributed by atoms with Gasteiger partial charge in [-0.15, -0.1) is 11.3 Å². The zero-order valence-electron chi connectivity index (χ0n) is 12.0. The molecule has 7 heteroatoms. The van der Waals surface area contributed by atoms with Crippen LogP contribution in [0.3, 0.4) is 0 Å². The smallest absolute Gasteiger partial charge is 0.321 e. The first-order chi connectivity index (χ1) is 9.99. The highest BCUT2D eigenvalue weighted by atomic mass is 35.5. The molecule has 0 unspecified atom stereocenters. The third kappa shape index (κ3) is 4.09. The van der Waals surface area contributed by atoms with Gasteiger partial charge in [-0.05, 0) is 25.1 Å². The number of benzene rings is 1. The Morgan fingerprint density at radius 3 is 2.86 bits per heavy atom. The van der Waals surface area contributed by atoms with E-state index in [1.165, 1.54) is 0 Å². The van der Waals surface area contributed by atoms with Gasteiger partial charge in [0.1, 0.15) is 5.75 Å². The fourth-order valence-electron chi connectivity index (χ4n) is 1.76. The van der Waals surface area contributed by atoms with Crippen LogP contribution in [0.4, 0.5) is 10.5 Å². The van der Waals surface area contributed by atoms with Crippen LogP contribution in [0.5, 0.6) is 5.75 Å². The lowest BCUT2D eigenvalue weighted by Crippen LogP contribution is -2.30. The van der Waals surface area contributed by atoms with Crippen LogP contribution in [-0.4, -0.2) is 30.1 Å². The number of nitrogens with zero attached hydrogens (tertiary/aromatic N) is 2. The summed E-state index contributed by atoms with van der Waals surface area (Å²) in [6.07, 6.45) is 0. The van der Waals surface area contributed by atoms with Gasteiger partial charge < -0.3 is 15.0 Å². The fourth-order valence-corrected chi connectivity index (χ4v) is 2.62. The van der Waals surface area contributed by atoms with Gasteiger partial charge in [0.15, 0.2) is 0 Å². The Hall–Kier alpha value is -1.79. The number of hydrogen-bond donors (Lipinski definition) is 1. The minimum Gasteiger partial charge on any atom is -0.495 e. The van der Waals surface area contributed by atoms with Gasteiger partial charge in [-0.3, -0.25) is 0 Å². The number of rotatable bonds is 4. The quantitative estimate of drug-likeness (QED) is 0.930. The summed E-state index contributed by atoms with van der Waals surface area (Å²) in [7, 11) is 3.26. The third-order valence-electron chi connectivity index (χ3n) is 2.82. The number of nitrogens with one attached hydrogen (secondary N) is 1. The molecule has 0 aliphatic rings. The van der Waals surface area contributed by atoms with Crippen LogP contribution in [0.2, 0.25) is 5.02 Å². The summed E-state index contributed by atoms with van der Waals surface area (Å²) in [5.74, 6) is 0.570. The van der Waals surface area contributed by atoms with Crippen molar-refractivity contribution in [3.63, 3.8) is 0 Å². The van der Waals surface area contributed by atoms with E-state index in [2.05, 4.69) is 10.3 Å². The molecule has 1 aromatic carbocycles. The van der Waals surface area contributed by atoms with Crippen molar-refractivity contribution in [3.8, 4) is 5.75 Å². The number of hydrogen-bond acceptors (Lipinski definition) is 4. The number of ether oxygens (including phenoxy) is 1. The van der Waals surface area contributed by atoms with Crippen molar-refractivity contribution in [2.24, 2.45) is 0 Å². The molecule has 0 spiro atoms. The van der Waals surface area contributed by atoms with Crippen LogP contribution in [0.25, 0.3) is 0 Å². The highest BCUT2D eigenvalue weighted by molar-refractivity contribution is 7.09. The number of aryl methyl sites for hydroxylation is 1. The molecule has 0 aliphatic carbocycles. The van der Waals surface area contributed by atoms with Crippen LogP contribution in [0.1, 0.15) is 10.7 Å². The summed E-state index contributed by atoms with van der Waals surface area (Å²) < 4.78 is 5.07. The summed E-state index contributed by atoms with van der Waals surface area (Å²) >= 11 is 7.59. The first-order valence-corrected chi connectivity index (χ1v) is 7.52. The second-order valence-electron chi connectivity index (χ2n) is 4.49. The van der Waals surface area contributed by atoms with Crippen LogP contribution < -0.4 is 10.1 Å². The summed E-state index contributed by atoms with van der Waals surface area (Å²) in [6, 6.07) is 4.88. The average molecular weight is 326 g/mol. The first kappa shape index (κ1) is 15.6. The van der Waals surface area contributed by atoms with E-state index in [1.807, 2.05) is 12.3 Å². The van der Waals surface area contributed by atoms with Crippen molar-refractivity contribution in [2.75, 3.05) is 19.5 Å². The first-order valence-electron chi connectivity index (χ1n) is 6.26. The second-order valence-corrected chi connectivity index (χ2v) is 5.96. The molecule has 0 bridgehead atoms. The monoisotopic (exact) mass is 325 g/mol. The molecular weight excluding hydrogens is 310 g/mol. The molecular formula is C14H16ClN3O2S. The number of methoxy groups -OCH3 is 1. The van der Waals surface area contributed by atoms with Crippen molar-refractivity contribution in [3.05, 3.63) is 39.3 Å². The van der Waals surface area contributed by atoms with Crippen molar-refractivity contribution in [1.82, 2.24) is 9.88 Å². The highest BCUT2D eigenvalue weighted by Gasteiger charge is 2.12. The molecule has 0 atom stereocenters. The molecule has 0 saturated heterocycles. The Kier molecular flexibility index (Phi) is 5.03. The number of thiazole rings is 1.